The molecule has 0 spiro atoms. The maximum Gasteiger partial charge on any atom is 0.271 e. The topological polar surface area (TPSA) is 41.5 Å². The summed E-state index contributed by atoms with van der Waals surface area (Å²) in [6.07, 6.45) is 2.59. The first-order valence-electron chi connectivity index (χ1n) is 5.86. The van der Waals surface area contributed by atoms with Gasteiger partial charge in [-0.15, -0.1) is 11.3 Å². The Morgan fingerprint density at radius 2 is 2.05 bits per heavy atom. The monoisotopic (exact) mass is 276 g/mol. The van der Waals surface area contributed by atoms with Gasteiger partial charge in [0.1, 0.15) is 5.82 Å². The number of benzene rings is 1. The molecule has 1 aromatic carbocycles. The van der Waals surface area contributed by atoms with Crippen LogP contribution in [-0.2, 0) is 6.42 Å². The lowest BCUT2D eigenvalue weighted by Crippen LogP contribution is -2.17. The van der Waals surface area contributed by atoms with Crippen molar-refractivity contribution in [2.75, 3.05) is 0 Å². The van der Waals surface area contributed by atoms with E-state index in [1.807, 2.05) is 12.1 Å². The summed E-state index contributed by atoms with van der Waals surface area (Å²) >= 11 is 1.63. The van der Waals surface area contributed by atoms with Gasteiger partial charge in [0.15, 0.2) is 0 Å². The van der Waals surface area contributed by atoms with Crippen molar-refractivity contribution >= 4 is 23.5 Å². The Morgan fingerprint density at radius 3 is 2.68 bits per heavy atom. The lowest BCUT2D eigenvalue weighted by Gasteiger charge is -1.98. The zero-order valence-corrected chi connectivity index (χ0v) is 11.2. The number of aryl methyl sites for hydroxylation is 1. The number of hydrogen-bond acceptors (Lipinski definition) is 3. The van der Waals surface area contributed by atoms with Crippen LogP contribution in [0.25, 0.3) is 0 Å². The summed E-state index contributed by atoms with van der Waals surface area (Å²) < 4.78 is 12.7. The summed E-state index contributed by atoms with van der Waals surface area (Å²) in [5.74, 6) is -0.728. The minimum atomic E-state index is -0.370. The van der Waals surface area contributed by atoms with Crippen molar-refractivity contribution < 1.29 is 9.18 Å². The lowest BCUT2D eigenvalue weighted by atomic mass is 10.2. The minimum Gasteiger partial charge on any atom is -0.267 e. The Balaban J connectivity index is 1.94. The molecule has 0 aliphatic heterocycles. The van der Waals surface area contributed by atoms with Gasteiger partial charge in [0.25, 0.3) is 5.91 Å². The van der Waals surface area contributed by atoms with E-state index in [0.717, 1.165) is 11.3 Å². The van der Waals surface area contributed by atoms with Crippen LogP contribution in [0.5, 0.6) is 0 Å². The van der Waals surface area contributed by atoms with E-state index < -0.39 is 0 Å². The van der Waals surface area contributed by atoms with Gasteiger partial charge >= 0.3 is 0 Å². The molecule has 0 saturated carbocycles. The molecule has 0 bridgehead atoms. The van der Waals surface area contributed by atoms with Gasteiger partial charge in [-0.1, -0.05) is 6.92 Å². The maximum absolute atomic E-state index is 12.7. The van der Waals surface area contributed by atoms with Crippen LogP contribution in [0, 0.1) is 5.82 Å². The van der Waals surface area contributed by atoms with Crippen molar-refractivity contribution in [3.8, 4) is 0 Å². The van der Waals surface area contributed by atoms with E-state index in [9.17, 15) is 9.18 Å². The summed E-state index contributed by atoms with van der Waals surface area (Å²) in [5.41, 5.74) is 2.78. The highest BCUT2D eigenvalue weighted by atomic mass is 32.1. The molecule has 0 unspecified atom stereocenters. The number of hydrogen-bond donors (Lipinski definition) is 1. The lowest BCUT2D eigenvalue weighted by molar-refractivity contribution is 0.0955. The summed E-state index contributed by atoms with van der Waals surface area (Å²) in [6, 6.07) is 9.31. The van der Waals surface area contributed by atoms with Gasteiger partial charge in [-0.05, 0) is 42.8 Å². The van der Waals surface area contributed by atoms with E-state index in [4.69, 9.17) is 0 Å². The molecule has 2 aromatic rings. The van der Waals surface area contributed by atoms with Crippen LogP contribution in [-0.4, -0.2) is 12.1 Å². The molecule has 98 valence electrons. The van der Waals surface area contributed by atoms with Gasteiger partial charge in [0, 0.05) is 15.3 Å². The van der Waals surface area contributed by atoms with Crippen molar-refractivity contribution in [3.05, 3.63) is 57.5 Å². The van der Waals surface area contributed by atoms with E-state index in [0.29, 0.717) is 5.56 Å². The van der Waals surface area contributed by atoms with Crippen molar-refractivity contribution in [2.24, 2.45) is 5.10 Å². The molecular weight excluding hydrogens is 263 g/mol. The predicted octanol–water partition coefficient (Wildman–Crippen LogP) is 3.21. The molecule has 3 nitrogen and oxygen atoms in total. The number of nitrogens with zero attached hydrogens (tertiary/aromatic N) is 1. The first kappa shape index (κ1) is 13.4. The third-order valence-corrected chi connectivity index (χ3v) is 3.66. The molecule has 0 saturated heterocycles. The first-order valence-corrected chi connectivity index (χ1v) is 6.68. The van der Waals surface area contributed by atoms with Crippen molar-refractivity contribution in [3.63, 3.8) is 0 Å². The fraction of sp³-hybridized carbons (Fsp3) is 0.143. The van der Waals surface area contributed by atoms with Gasteiger partial charge in [-0.2, -0.15) is 5.10 Å². The number of nitrogens with one attached hydrogen (secondary N) is 1. The fourth-order valence-corrected chi connectivity index (χ4v) is 2.30. The van der Waals surface area contributed by atoms with E-state index in [1.54, 1.807) is 17.6 Å². The number of carbonyl (C=O) groups excluding carboxylic acids is 1. The standard InChI is InChI=1S/C14H13FN2OS/c1-2-12-7-8-13(19-12)9-16-17-14(18)10-3-5-11(15)6-4-10/h3-9H,2H2,1H3,(H,17,18)/b16-9+. The normalized spacial score (nSPS) is 10.8. The van der Waals surface area contributed by atoms with Crippen molar-refractivity contribution in [2.45, 2.75) is 13.3 Å². The summed E-state index contributed by atoms with van der Waals surface area (Å²) in [6.45, 7) is 2.09. The largest absolute Gasteiger partial charge is 0.271 e. The second-order valence-electron chi connectivity index (χ2n) is 3.86. The quantitative estimate of drug-likeness (QED) is 0.676. The average Bonchev–Trinajstić information content (AvgIpc) is 2.87. The Bertz CT molecular complexity index is 590. The minimum absolute atomic E-state index is 0.358. The van der Waals surface area contributed by atoms with E-state index in [-0.39, 0.29) is 11.7 Å². The first-order chi connectivity index (χ1) is 9.19. The van der Waals surface area contributed by atoms with Crippen LogP contribution in [0.3, 0.4) is 0 Å². The van der Waals surface area contributed by atoms with Gasteiger partial charge in [-0.3, -0.25) is 4.79 Å². The van der Waals surface area contributed by atoms with Crippen LogP contribution < -0.4 is 5.43 Å². The number of halogens is 1. The molecule has 1 N–H and O–H groups in total. The summed E-state index contributed by atoms with van der Waals surface area (Å²) in [7, 11) is 0. The van der Waals surface area contributed by atoms with Gasteiger partial charge < -0.3 is 0 Å². The molecule has 0 aliphatic carbocycles. The predicted molar refractivity (Wildman–Crippen MR) is 75.2 cm³/mol. The second kappa shape index (κ2) is 6.24. The Labute approximate surface area is 114 Å². The van der Waals surface area contributed by atoms with Crippen LogP contribution in [0.4, 0.5) is 4.39 Å². The highest BCUT2D eigenvalue weighted by Gasteiger charge is 2.03. The molecule has 5 heteroatoms. The Morgan fingerprint density at radius 1 is 1.32 bits per heavy atom. The maximum atomic E-state index is 12.7. The highest BCUT2D eigenvalue weighted by Crippen LogP contribution is 2.14. The number of hydrazone groups is 1. The van der Waals surface area contributed by atoms with Crippen molar-refractivity contribution in [1.29, 1.82) is 0 Å². The number of thiophene rings is 1. The SMILES string of the molecule is CCc1ccc(/C=N/NC(=O)c2ccc(F)cc2)s1. The zero-order chi connectivity index (χ0) is 13.7. The number of rotatable bonds is 4. The van der Waals surface area contributed by atoms with Crippen LogP contribution >= 0.6 is 11.3 Å². The zero-order valence-electron chi connectivity index (χ0n) is 10.4. The van der Waals surface area contributed by atoms with Crippen LogP contribution in [0.2, 0.25) is 0 Å². The van der Waals surface area contributed by atoms with Crippen LogP contribution in [0.1, 0.15) is 27.0 Å². The number of amides is 1. The molecule has 2 rings (SSSR count). The molecule has 0 aliphatic rings. The molecule has 0 atom stereocenters. The molecular formula is C14H13FN2OS. The molecule has 1 aromatic heterocycles. The molecule has 1 amide bonds. The molecule has 0 fully saturated rings. The molecule has 1 heterocycles. The summed E-state index contributed by atoms with van der Waals surface area (Å²) in [4.78, 5) is 13.9. The van der Waals surface area contributed by atoms with Gasteiger partial charge in [0.05, 0.1) is 6.21 Å². The van der Waals surface area contributed by atoms with Gasteiger partial charge in [-0.25, -0.2) is 9.82 Å². The summed E-state index contributed by atoms with van der Waals surface area (Å²) in [5, 5.41) is 3.88. The third kappa shape index (κ3) is 3.72. The number of carbonyl (C=O) groups is 1. The molecule has 0 radical (unpaired) electrons. The second-order valence-corrected chi connectivity index (χ2v) is 5.06. The third-order valence-electron chi connectivity index (χ3n) is 2.50. The fourth-order valence-electron chi connectivity index (χ4n) is 1.47. The van der Waals surface area contributed by atoms with Crippen LogP contribution in [0.15, 0.2) is 41.5 Å². The average molecular weight is 276 g/mol. The Hall–Kier alpha value is -2.01. The smallest absolute Gasteiger partial charge is 0.267 e. The van der Waals surface area contributed by atoms with Crippen molar-refractivity contribution in [1.82, 2.24) is 5.43 Å². The van der Waals surface area contributed by atoms with E-state index in [1.165, 1.54) is 29.1 Å². The van der Waals surface area contributed by atoms with Gasteiger partial charge in [0.2, 0.25) is 0 Å². The van der Waals surface area contributed by atoms with E-state index in [2.05, 4.69) is 17.5 Å². The van der Waals surface area contributed by atoms with E-state index >= 15 is 0 Å². The Kier molecular flexibility index (Phi) is 4.41. The highest BCUT2D eigenvalue weighted by molar-refractivity contribution is 7.13. The molecule has 19 heavy (non-hydrogen) atoms.